The lowest BCUT2D eigenvalue weighted by Crippen LogP contribution is -2.36. The fourth-order valence-electron chi connectivity index (χ4n) is 3.89. The largest absolute Gasteiger partial charge is 0.379 e. The number of morpholine rings is 1. The van der Waals surface area contributed by atoms with Crippen molar-refractivity contribution in [1.82, 2.24) is 20.1 Å². The van der Waals surface area contributed by atoms with Crippen LogP contribution in [-0.4, -0.2) is 48.3 Å². The van der Waals surface area contributed by atoms with Gasteiger partial charge in [-0.1, -0.05) is 42.5 Å². The minimum Gasteiger partial charge on any atom is -0.379 e. The molecule has 2 N–H and O–H groups in total. The van der Waals surface area contributed by atoms with E-state index in [2.05, 4.69) is 80.9 Å². The summed E-state index contributed by atoms with van der Waals surface area (Å²) in [4.78, 5) is 14.5. The third-order valence-electron chi connectivity index (χ3n) is 5.50. The number of aromatic nitrogens is 1. The first-order chi connectivity index (χ1) is 14.8. The van der Waals surface area contributed by atoms with Crippen molar-refractivity contribution < 1.29 is 9.53 Å². The monoisotopic (exact) mass is 406 g/mol. The molecule has 1 aliphatic heterocycles. The van der Waals surface area contributed by atoms with Crippen LogP contribution in [0.1, 0.15) is 17.5 Å². The Balaban J connectivity index is 1.17. The standard InChI is InChI=1S/C24H30N4O2/c29-24(25-10-4-11-28-12-9-22-7-1-2-8-23(22)28)26-18-20-5-3-6-21(17-20)19-27-13-15-30-16-14-27/h1-3,5-9,12,17H,4,10-11,13-16,18-19H2,(H2,25,26,29). The van der Waals surface area contributed by atoms with Crippen molar-refractivity contribution in [2.24, 2.45) is 0 Å². The van der Waals surface area contributed by atoms with Crippen molar-refractivity contribution in [3.63, 3.8) is 0 Å². The molecule has 1 aliphatic rings. The van der Waals surface area contributed by atoms with Crippen LogP contribution in [-0.2, 0) is 24.4 Å². The van der Waals surface area contributed by atoms with Crippen molar-refractivity contribution in [1.29, 1.82) is 0 Å². The third kappa shape index (κ3) is 5.62. The summed E-state index contributed by atoms with van der Waals surface area (Å²) >= 11 is 0. The van der Waals surface area contributed by atoms with Crippen molar-refractivity contribution in [3.05, 3.63) is 71.9 Å². The van der Waals surface area contributed by atoms with Crippen LogP contribution < -0.4 is 10.6 Å². The number of carbonyl (C=O) groups is 1. The van der Waals surface area contributed by atoms with Crippen LogP contribution in [0.15, 0.2) is 60.8 Å². The highest BCUT2D eigenvalue weighted by molar-refractivity contribution is 5.79. The lowest BCUT2D eigenvalue weighted by molar-refractivity contribution is 0.0342. The zero-order valence-electron chi connectivity index (χ0n) is 17.3. The number of amides is 2. The molecule has 0 spiro atoms. The average Bonchev–Trinajstić information content (AvgIpc) is 3.19. The van der Waals surface area contributed by atoms with Crippen molar-refractivity contribution in [2.75, 3.05) is 32.8 Å². The highest BCUT2D eigenvalue weighted by atomic mass is 16.5. The lowest BCUT2D eigenvalue weighted by atomic mass is 10.1. The second-order valence-electron chi connectivity index (χ2n) is 7.74. The Hall–Kier alpha value is -2.83. The summed E-state index contributed by atoms with van der Waals surface area (Å²) in [5, 5.41) is 7.17. The molecule has 30 heavy (non-hydrogen) atoms. The van der Waals surface area contributed by atoms with Gasteiger partial charge < -0.3 is 19.9 Å². The van der Waals surface area contributed by atoms with Gasteiger partial charge in [-0.3, -0.25) is 4.90 Å². The Morgan fingerprint density at radius 2 is 1.80 bits per heavy atom. The highest BCUT2D eigenvalue weighted by Crippen LogP contribution is 2.15. The number of nitrogens with zero attached hydrogens (tertiary/aromatic N) is 2. The summed E-state index contributed by atoms with van der Waals surface area (Å²) in [6, 6.07) is 18.8. The number of benzene rings is 2. The maximum Gasteiger partial charge on any atom is 0.315 e. The van der Waals surface area contributed by atoms with Gasteiger partial charge in [0.15, 0.2) is 0 Å². The van der Waals surface area contributed by atoms with E-state index in [-0.39, 0.29) is 6.03 Å². The zero-order valence-corrected chi connectivity index (χ0v) is 17.3. The number of para-hydroxylation sites is 1. The number of nitrogens with one attached hydrogen (secondary N) is 2. The summed E-state index contributed by atoms with van der Waals surface area (Å²) < 4.78 is 7.64. The van der Waals surface area contributed by atoms with Crippen molar-refractivity contribution >= 4 is 16.9 Å². The molecule has 0 unspecified atom stereocenters. The van der Waals surface area contributed by atoms with E-state index in [1.165, 1.54) is 16.5 Å². The number of fused-ring (bicyclic) bond motifs is 1. The van der Waals surface area contributed by atoms with Crippen LogP contribution in [0.25, 0.3) is 10.9 Å². The van der Waals surface area contributed by atoms with E-state index in [1.54, 1.807) is 0 Å². The van der Waals surface area contributed by atoms with Crippen molar-refractivity contribution in [2.45, 2.75) is 26.1 Å². The molecule has 4 rings (SSSR count). The number of carbonyl (C=O) groups excluding carboxylic acids is 1. The summed E-state index contributed by atoms with van der Waals surface area (Å²) in [6.07, 6.45) is 3.00. The minimum atomic E-state index is -0.119. The number of hydrogen-bond acceptors (Lipinski definition) is 3. The second-order valence-corrected chi connectivity index (χ2v) is 7.74. The van der Waals surface area contributed by atoms with Crippen LogP contribution in [0.3, 0.4) is 0 Å². The second kappa shape index (κ2) is 10.3. The first-order valence-electron chi connectivity index (χ1n) is 10.7. The summed E-state index contributed by atoms with van der Waals surface area (Å²) in [5.74, 6) is 0. The fourth-order valence-corrected chi connectivity index (χ4v) is 3.89. The number of rotatable bonds is 8. The smallest absolute Gasteiger partial charge is 0.315 e. The maximum atomic E-state index is 12.1. The molecule has 0 atom stereocenters. The van der Waals surface area contributed by atoms with E-state index in [0.29, 0.717) is 13.1 Å². The van der Waals surface area contributed by atoms with Gasteiger partial charge >= 0.3 is 6.03 Å². The molecule has 0 aliphatic carbocycles. The first kappa shape index (κ1) is 20.4. The SMILES string of the molecule is O=C(NCCCn1ccc2ccccc21)NCc1cccc(CN2CCOCC2)c1. The molecule has 158 valence electrons. The van der Waals surface area contributed by atoms with Gasteiger partial charge in [0.1, 0.15) is 0 Å². The van der Waals surface area contributed by atoms with Gasteiger partial charge in [-0.05, 0) is 35.1 Å². The van der Waals surface area contributed by atoms with Gasteiger partial charge in [0, 0.05) is 51.0 Å². The third-order valence-corrected chi connectivity index (χ3v) is 5.50. The van der Waals surface area contributed by atoms with Gasteiger partial charge in [-0.25, -0.2) is 4.79 Å². The molecular formula is C24H30N4O2. The normalized spacial score (nSPS) is 14.7. The molecule has 1 aromatic heterocycles. The Bertz CT molecular complexity index is 963. The van der Waals surface area contributed by atoms with Crippen LogP contribution in [0, 0.1) is 0 Å². The molecule has 1 fully saturated rings. The van der Waals surface area contributed by atoms with Crippen molar-refractivity contribution in [3.8, 4) is 0 Å². The minimum absolute atomic E-state index is 0.119. The van der Waals surface area contributed by atoms with E-state index in [1.807, 2.05) is 0 Å². The number of hydrogen-bond donors (Lipinski definition) is 2. The molecule has 2 amide bonds. The molecule has 3 aromatic rings. The van der Waals surface area contributed by atoms with Gasteiger partial charge in [0.25, 0.3) is 0 Å². The fraction of sp³-hybridized carbons (Fsp3) is 0.375. The van der Waals surface area contributed by atoms with Crippen LogP contribution in [0.5, 0.6) is 0 Å². The predicted molar refractivity (Wildman–Crippen MR) is 119 cm³/mol. The van der Waals surface area contributed by atoms with Crippen LogP contribution in [0.4, 0.5) is 4.79 Å². The lowest BCUT2D eigenvalue weighted by Gasteiger charge is -2.26. The Labute approximate surface area is 177 Å². The van der Waals surface area contributed by atoms with Crippen LogP contribution >= 0.6 is 0 Å². The molecule has 0 saturated carbocycles. The number of ether oxygens (including phenoxy) is 1. The topological polar surface area (TPSA) is 58.5 Å². The molecule has 6 heteroatoms. The Morgan fingerprint density at radius 1 is 0.967 bits per heavy atom. The molecule has 0 bridgehead atoms. The molecule has 0 radical (unpaired) electrons. The van der Waals surface area contributed by atoms with Gasteiger partial charge in [0.05, 0.1) is 13.2 Å². The van der Waals surface area contributed by atoms with Gasteiger partial charge in [-0.2, -0.15) is 0 Å². The Kier molecular flexibility index (Phi) is 7.00. The highest BCUT2D eigenvalue weighted by Gasteiger charge is 2.11. The first-order valence-corrected chi connectivity index (χ1v) is 10.7. The molecule has 6 nitrogen and oxygen atoms in total. The Morgan fingerprint density at radius 3 is 2.70 bits per heavy atom. The van der Waals surface area contributed by atoms with E-state index in [9.17, 15) is 4.79 Å². The van der Waals surface area contributed by atoms with Gasteiger partial charge in [0.2, 0.25) is 0 Å². The van der Waals surface area contributed by atoms with E-state index < -0.39 is 0 Å². The molecule has 2 aromatic carbocycles. The molecular weight excluding hydrogens is 376 g/mol. The van der Waals surface area contributed by atoms with Crippen LogP contribution in [0.2, 0.25) is 0 Å². The quantitative estimate of drug-likeness (QED) is 0.564. The van der Waals surface area contributed by atoms with Gasteiger partial charge in [-0.15, -0.1) is 0 Å². The summed E-state index contributed by atoms with van der Waals surface area (Å²) in [5.41, 5.74) is 3.63. The van der Waals surface area contributed by atoms with E-state index in [0.717, 1.165) is 51.4 Å². The zero-order chi connectivity index (χ0) is 20.6. The van der Waals surface area contributed by atoms with E-state index in [4.69, 9.17) is 4.74 Å². The summed E-state index contributed by atoms with van der Waals surface area (Å²) in [7, 11) is 0. The maximum absolute atomic E-state index is 12.1. The number of aryl methyl sites for hydroxylation is 1. The molecule has 2 heterocycles. The number of urea groups is 1. The predicted octanol–water partition coefficient (Wildman–Crippen LogP) is 3.36. The molecule has 1 saturated heterocycles. The average molecular weight is 407 g/mol. The van der Waals surface area contributed by atoms with E-state index >= 15 is 0 Å². The summed E-state index contributed by atoms with van der Waals surface area (Å²) in [6.45, 7) is 6.56.